The van der Waals surface area contributed by atoms with Gasteiger partial charge in [-0.15, -0.1) is 12.4 Å². The molecule has 0 aliphatic carbocycles. The number of hydrogen-bond acceptors (Lipinski definition) is 4. The van der Waals surface area contributed by atoms with E-state index in [1.807, 2.05) is 4.90 Å². The van der Waals surface area contributed by atoms with Crippen molar-refractivity contribution in [1.82, 2.24) is 10.3 Å². The van der Waals surface area contributed by atoms with Crippen molar-refractivity contribution in [2.75, 3.05) is 29.9 Å². The topological polar surface area (TPSA) is 57.3 Å². The molecule has 3 heterocycles. The molecule has 0 bridgehead atoms. The molecule has 2 aliphatic heterocycles. The zero-order valence-electron chi connectivity index (χ0n) is 8.94. The SMILES string of the molecule is Cl.O=C1Nc2cc(F)cnc2N2CCNC[C@H]12. The smallest absolute Gasteiger partial charge is 0.248 e. The van der Waals surface area contributed by atoms with E-state index < -0.39 is 5.82 Å². The van der Waals surface area contributed by atoms with E-state index in [0.717, 1.165) is 6.54 Å². The predicted octanol–water partition coefficient (Wildman–Crippen LogP) is 0.373. The highest BCUT2D eigenvalue weighted by Crippen LogP contribution is 2.30. The van der Waals surface area contributed by atoms with Crippen LogP contribution in [0.4, 0.5) is 15.9 Å². The fourth-order valence-electron chi connectivity index (χ4n) is 2.16. The molecule has 2 N–H and O–H groups in total. The number of aromatic nitrogens is 1. The Hall–Kier alpha value is -1.40. The Kier molecular flexibility index (Phi) is 3.17. The normalized spacial score (nSPS) is 22.1. The fraction of sp³-hybridized carbons (Fsp3) is 0.400. The van der Waals surface area contributed by atoms with Crippen LogP contribution in [-0.2, 0) is 4.79 Å². The van der Waals surface area contributed by atoms with E-state index in [-0.39, 0.29) is 24.4 Å². The first-order valence-corrected chi connectivity index (χ1v) is 5.19. The van der Waals surface area contributed by atoms with Crippen molar-refractivity contribution in [2.45, 2.75) is 6.04 Å². The molecule has 1 aromatic heterocycles. The molecule has 7 heteroatoms. The third-order valence-electron chi connectivity index (χ3n) is 2.91. The standard InChI is InChI=1S/C10H11FN4O.ClH/c11-6-3-7-9(13-4-6)15-2-1-12-5-8(15)10(16)14-7;/h3-4,8,12H,1-2,5H2,(H,14,16);1H/t8-;/m1./s1. The Bertz CT molecular complexity index is 456. The average molecular weight is 259 g/mol. The number of nitrogens with zero attached hydrogens (tertiary/aromatic N) is 2. The number of fused-ring (bicyclic) bond motifs is 3. The number of pyridine rings is 1. The second kappa shape index (κ2) is 4.46. The molecule has 92 valence electrons. The summed E-state index contributed by atoms with van der Waals surface area (Å²) in [6.07, 6.45) is 1.18. The first kappa shape index (κ1) is 12.1. The average Bonchev–Trinajstić information content (AvgIpc) is 2.29. The lowest BCUT2D eigenvalue weighted by atomic mass is 10.1. The van der Waals surface area contributed by atoms with E-state index >= 15 is 0 Å². The molecular weight excluding hydrogens is 247 g/mol. The molecule has 5 nitrogen and oxygen atoms in total. The number of hydrogen-bond donors (Lipinski definition) is 2. The van der Waals surface area contributed by atoms with Crippen LogP contribution in [0.2, 0.25) is 0 Å². The van der Waals surface area contributed by atoms with E-state index in [1.165, 1.54) is 12.3 Å². The van der Waals surface area contributed by atoms with Gasteiger partial charge in [0.2, 0.25) is 5.91 Å². The van der Waals surface area contributed by atoms with Crippen LogP contribution in [0.3, 0.4) is 0 Å². The maximum Gasteiger partial charge on any atom is 0.248 e. The molecule has 0 unspecified atom stereocenters. The van der Waals surface area contributed by atoms with Crippen LogP contribution >= 0.6 is 12.4 Å². The Morgan fingerprint density at radius 3 is 3.18 bits per heavy atom. The van der Waals surface area contributed by atoms with Crippen LogP contribution in [0, 0.1) is 5.82 Å². The van der Waals surface area contributed by atoms with Gasteiger partial charge in [0.25, 0.3) is 0 Å². The first-order valence-electron chi connectivity index (χ1n) is 5.19. The molecule has 0 spiro atoms. The number of piperazine rings is 1. The number of carbonyl (C=O) groups excluding carboxylic acids is 1. The quantitative estimate of drug-likeness (QED) is 0.706. The van der Waals surface area contributed by atoms with Gasteiger partial charge >= 0.3 is 0 Å². The molecule has 1 atom stereocenters. The van der Waals surface area contributed by atoms with Gasteiger partial charge in [0.05, 0.1) is 11.9 Å². The van der Waals surface area contributed by atoms with Gasteiger partial charge in [-0.1, -0.05) is 0 Å². The Balaban J connectivity index is 0.00000108. The zero-order chi connectivity index (χ0) is 11.1. The van der Waals surface area contributed by atoms with Gasteiger partial charge in [0, 0.05) is 25.7 Å². The van der Waals surface area contributed by atoms with Gasteiger partial charge in [-0.05, 0) is 0 Å². The summed E-state index contributed by atoms with van der Waals surface area (Å²) in [7, 11) is 0. The van der Waals surface area contributed by atoms with Crippen LogP contribution in [0.25, 0.3) is 0 Å². The number of amides is 1. The van der Waals surface area contributed by atoms with Crippen LogP contribution in [0.15, 0.2) is 12.3 Å². The summed E-state index contributed by atoms with van der Waals surface area (Å²) < 4.78 is 13.0. The Morgan fingerprint density at radius 1 is 1.53 bits per heavy atom. The summed E-state index contributed by atoms with van der Waals surface area (Å²) in [5.74, 6) is 0.118. The molecule has 3 rings (SSSR count). The van der Waals surface area contributed by atoms with Crippen molar-refractivity contribution in [3.05, 3.63) is 18.1 Å². The van der Waals surface area contributed by atoms with E-state index in [0.29, 0.717) is 24.6 Å². The molecule has 1 fully saturated rings. The fourth-order valence-corrected chi connectivity index (χ4v) is 2.16. The highest BCUT2D eigenvalue weighted by atomic mass is 35.5. The van der Waals surface area contributed by atoms with E-state index in [4.69, 9.17) is 0 Å². The highest BCUT2D eigenvalue weighted by molar-refractivity contribution is 6.03. The van der Waals surface area contributed by atoms with Crippen molar-refractivity contribution in [1.29, 1.82) is 0 Å². The number of carbonyl (C=O) groups is 1. The minimum Gasteiger partial charge on any atom is -0.340 e. The third-order valence-corrected chi connectivity index (χ3v) is 2.91. The number of anilines is 2. The van der Waals surface area contributed by atoms with Crippen LogP contribution < -0.4 is 15.5 Å². The predicted molar refractivity (Wildman–Crippen MR) is 64.1 cm³/mol. The summed E-state index contributed by atoms with van der Waals surface area (Å²) in [5, 5.41) is 5.83. The lowest BCUT2D eigenvalue weighted by molar-refractivity contribution is -0.117. The third kappa shape index (κ3) is 1.94. The molecule has 1 aromatic rings. The monoisotopic (exact) mass is 258 g/mol. The second-order valence-electron chi connectivity index (χ2n) is 3.93. The number of halogens is 2. The molecule has 0 radical (unpaired) electrons. The van der Waals surface area contributed by atoms with Gasteiger partial charge in [-0.2, -0.15) is 0 Å². The summed E-state index contributed by atoms with van der Waals surface area (Å²) >= 11 is 0. The molecule has 0 aromatic carbocycles. The first-order chi connectivity index (χ1) is 7.75. The van der Waals surface area contributed by atoms with Crippen molar-refractivity contribution < 1.29 is 9.18 Å². The Morgan fingerprint density at radius 2 is 2.35 bits per heavy atom. The van der Waals surface area contributed by atoms with Crippen LogP contribution in [-0.4, -0.2) is 36.6 Å². The molecule has 1 saturated heterocycles. The lowest BCUT2D eigenvalue weighted by Gasteiger charge is -2.40. The number of nitrogens with one attached hydrogen (secondary N) is 2. The minimum atomic E-state index is -0.437. The number of rotatable bonds is 0. The maximum atomic E-state index is 13.0. The van der Waals surface area contributed by atoms with Gasteiger partial charge in [0.1, 0.15) is 11.9 Å². The van der Waals surface area contributed by atoms with Crippen LogP contribution in [0.5, 0.6) is 0 Å². The molecule has 17 heavy (non-hydrogen) atoms. The zero-order valence-corrected chi connectivity index (χ0v) is 9.76. The molecular formula is C10H12ClFN4O. The van der Waals surface area contributed by atoms with Gasteiger partial charge in [0.15, 0.2) is 5.82 Å². The van der Waals surface area contributed by atoms with Gasteiger partial charge in [-0.25, -0.2) is 9.37 Å². The molecule has 1 amide bonds. The van der Waals surface area contributed by atoms with Crippen molar-refractivity contribution in [3.63, 3.8) is 0 Å². The largest absolute Gasteiger partial charge is 0.340 e. The maximum absolute atomic E-state index is 13.0. The summed E-state index contributed by atoms with van der Waals surface area (Å²) in [4.78, 5) is 17.7. The van der Waals surface area contributed by atoms with Crippen molar-refractivity contribution >= 4 is 29.8 Å². The summed E-state index contributed by atoms with van der Waals surface area (Å²) in [6.45, 7) is 2.12. The second-order valence-corrected chi connectivity index (χ2v) is 3.93. The highest BCUT2D eigenvalue weighted by Gasteiger charge is 2.35. The van der Waals surface area contributed by atoms with Crippen molar-refractivity contribution in [3.8, 4) is 0 Å². The van der Waals surface area contributed by atoms with Gasteiger partial charge < -0.3 is 15.5 Å². The molecule has 0 saturated carbocycles. The van der Waals surface area contributed by atoms with E-state index in [1.54, 1.807) is 0 Å². The molecule has 2 aliphatic rings. The Labute approximate surface area is 104 Å². The van der Waals surface area contributed by atoms with E-state index in [9.17, 15) is 9.18 Å². The minimum absolute atomic E-state index is 0. The van der Waals surface area contributed by atoms with Crippen molar-refractivity contribution in [2.24, 2.45) is 0 Å². The van der Waals surface area contributed by atoms with E-state index in [2.05, 4.69) is 15.6 Å². The lowest BCUT2D eigenvalue weighted by Crippen LogP contribution is -2.59. The summed E-state index contributed by atoms with van der Waals surface area (Å²) in [5.41, 5.74) is 0.461. The van der Waals surface area contributed by atoms with Crippen LogP contribution in [0.1, 0.15) is 0 Å². The van der Waals surface area contributed by atoms with Gasteiger partial charge in [-0.3, -0.25) is 4.79 Å². The summed E-state index contributed by atoms with van der Waals surface area (Å²) in [6, 6.07) is 1.07.